The first kappa shape index (κ1) is 17.6. The van der Waals surface area contributed by atoms with E-state index in [0.717, 1.165) is 5.41 Å². The van der Waals surface area contributed by atoms with Crippen LogP contribution >= 0.6 is 0 Å². The zero-order valence-corrected chi connectivity index (χ0v) is 14.0. The second-order valence-corrected chi connectivity index (χ2v) is 6.33. The molecule has 0 atom stereocenters. The number of ether oxygens (including phenoxy) is 2. The normalized spacial score (nSPS) is 11.2. The van der Waals surface area contributed by atoms with Gasteiger partial charge in [0.25, 0.3) is 15.9 Å². The van der Waals surface area contributed by atoms with Gasteiger partial charge in [-0.05, 0) is 29.8 Å². The van der Waals surface area contributed by atoms with Crippen LogP contribution in [0.1, 0.15) is 15.9 Å². The van der Waals surface area contributed by atoms with Crippen LogP contribution in [0.25, 0.3) is 6.08 Å². The molecule has 1 amide bonds. The second-order valence-electron chi connectivity index (χ2n) is 4.76. The molecule has 7 heteroatoms. The monoisotopic (exact) mass is 347 g/mol. The van der Waals surface area contributed by atoms with Gasteiger partial charge in [-0.25, -0.2) is 13.1 Å². The van der Waals surface area contributed by atoms with Crippen LogP contribution in [-0.4, -0.2) is 28.5 Å². The number of carbonyl (C=O) groups is 1. The number of amides is 1. The maximum Gasteiger partial charge on any atom is 0.265 e. The number of carbonyl (C=O) groups excluding carboxylic acids is 1. The number of methoxy groups -OCH3 is 2. The van der Waals surface area contributed by atoms with Crippen LogP contribution in [0.2, 0.25) is 0 Å². The lowest BCUT2D eigenvalue weighted by atomic mass is 10.2. The minimum Gasteiger partial charge on any atom is -0.493 e. The summed E-state index contributed by atoms with van der Waals surface area (Å²) in [5, 5.41) is 0.945. The van der Waals surface area contributed by atoms with Gasteiger partial charge < -0.3 is 9.47 Å². The molecule has 24 heavy (non-hydrogen) atoms. The van der Waals surface area contributed by atoms with Gasteiger partial charge in [0, 0.05) is 5.56 Å². The lowest BCUT2D eigenvalue weighted by Crippen LogP contribution is -2.28. The molecule has 0 radical (unpaired) electrons. The van der Waals surface area contributed by atoms with Gasteiger partial charge in [0.1, 0.15) is 0 Å². The number of hydrogen-bond acceptors (Lipinski definition) is 5. The van der Waals surface area contributed by atoms with E-state index < -0.39 is 15.9 Å². The molecule has 0 fully saturated rings. The Hall–Kier alpha value is -2.80. The van der Waals surface area contributed by atoms with Crippen LogP contribution in [0, 0.1) is 0 Å². The van der Waals surface area contributed by atoms with Gasteiger partial charge in [-0.15, -0.1) is 0 Å². The minimum atomic E-state index is -3.91. The highest BCUT2D eigenvalue weighted by Gasteiger charge is 2.15. The number of nitrogens with one attached hydrogen (secondary N) is 1. The molecule has 0 aliphatic carbocycles. The molecule has 0 saturated heterocycles. The third-order valence-electron chi connectivity index (χ3n) is 3.12. The van der Waals surface area contributed by atoms with Crippen LogP contribution in [0.3, 0.4) is 0 Å². The summed E-state index contributed by atoms with van der Waals surface area (Å²) in [5.74, 6) is 0.0249. The molecular formula is C17H17NO5S. The molecule has 6 nitrogen and oxygen atoms in total. The van der Waals surface area contributed by atoms with Crippen molar-refractivity contribution in [2.45, 2.75) is 0 Å². The molecule has 1 N–H and O–H groups in total. The highest BCUT2D eigenvalue weighted by Crippen LogP contribution is 2.27. The van der Waals surface area contributed by atoms with E-state index in [4.69, 9.17) is 9.47 Å². The van der Waals surface area contributed by atoms with Gasteiger partial charge in [0.2, 0.25) is 0 Å². The molecule has 2 aromatic carbocycles. The Balaban J connectivity index is 2.15. The lowest BCUT2D eigenvalue weighted by Gasteiger charge is -2.09. The van der Waals surface area contributed by atoms with E-state index in [1.54, 1.807) is 24.3 Å². The predicted molar refractivity (Wildman–Crippen MR) is 91.4 cm³/mol. The third kappa shape index (κ3) is 4.60. The standard InChI is InChI=1S/C17H17NO5S/c1-22-15-9-8-14(12-16(15)23-2)17(19)18-24(20,21)11-10-13-6-4-3-5-7-13/h3-12H,1-2H3,(H,18,19). The average Bonchev–Trinajstić information content (AvgIpc) is 2.60. The third-order valence-corrected chi connectivity index (χ3v) is 4.08. The molecule has 0 aromatic heterocycles. The smallest absolute Gasteiger partial charge is 0.265 e. The van der Waals surface area contributed by atoms with Crippen molar-refractivity contribution in [3.63, 3.8) is 0 Å². The second kappa shape index (κ2) is 7.65. The minimum absolute atomic E-state index is 0.143. The van der Waals surface area contributed by atoms with Gasteiger partial charge in [0.15, 0.2) is 11.5 Å². The van der Waals surface area contributed by atoms with Crippen molar-refractivity contribution in [3.8, 4) is 11.5 Å². The Morgan fingerprint density at radius 1 is 1.00 bits per heavy atom. The first-order chi connectivity index (χ1) is 11.4. The van der Waals surface area contributed by atoms with E-state index in [1.807, 2.05) is 10.8 Å². The van der Waals surface area contributed by atoms with Crippen molar-refractivity contribution in [1.29, 1.82) is 0 Å². The van der Waals surface area contributed by atoms with E-state index in [2.05, 4.69) is 0 Å². The van der Waals surface area contributed by atoms with Gasteiger partial charge in [-0.1, -0.05) is 30.3 Å². The number of benzene rings is 2. The zero-order chi connectivity index (χ0) is 17.6. The fourth-order valence-electron chi connectivity index (χ4n) is 1.93. The van der Waals surface area contributed by atoms with Crippen molar-refractivity contribution in [1.82, 2.24) is 4.72 Å². The summed E-state index contributed by atoms with van der Waals surface area (Å²) in [6, 6.07) is 13.3. The summed E-state index contributed by atoms with van der Waals surface area (Å²) in [7, 11) is -1.02. The number of hydrogen-bond donors (Lipinski definition) is 1. The largest absolute Gasteiger partial charge is 0.493 e. The van der Waals surface area contributed by atoms with Crippen LogP contribution in [-0.2, 0) is 10.0 Å². The van der Waals surface area contributed by atoms with Crippen molar-refractivity contribution in [3.05, 3.63) is 65.1 Å². The number of sulfonamides is 1. The number of rotatable bonds is 6. The summed E-state index contributed by atoms with van der Waals surface area (Å²) in [4.78, 5) is 12.1. The van der Waals surface area contributed by atoms with E-state index in [1.165, 1.54) is 38.5 Å². The van der Waals surface area contributed by atoms with Gasteiger partial charge in [0.05, 0.1) is 19.6 Å². The molecule has 0 unspecified atom stereocenters. The van der Waals surface area contributed by atoms with E-state index in [-0.39, 0.29) is 5.56 Å². The topological polar surface area (TPSA) is 81.7 Å². The Kier molecular flexibility index (Phi) is 5.59. The predicted octanol–water partition coefficient (Wildman–Crippen LogP) is 2.43. The molecule has 0 heterocycles. The molecular weight excluding hydrogens is 330 g/mol. The van der Waals surface area contributed by atoms with Crippen LogP contribution < -0.4 is 14.2 Å². The van der Waals surface area contributed by atoms with E-state index in [9.17, 15) is 13.2 Å². The van der Waals surface area contributed by atoms with Crippen LogP contribution in [0.5, 0.6) is 11.5 Å². The summed E-state index contributed by atoms with van der Waals surface area (Å²) in [5.41, 5.74) is 0.853. The van der Waals surface area contributed by atoms with Gasteiger partial charge >= 0.3 is 0 Å². The highest BCUT2D eigenvalue weighted by molar-refractivity contribution is 7.93. The summed E-state index contributed by atoms with van der Waals surface area (Å²) >= 11 is 0. The summed E-state index contributed by atoms with van der Waals surface area (Å²) < 4.78 is 36.1. The van der Waals surface area contributed by atoms with Crippen LogP contribution in [0.4, 0.5) is 0 Å². The van der Waals surface area contributed by atoms with Crippen molar-refractivity contribution >= 4 is 22.0 Å². The van der Waals surface area contributed by atoms with Crippen molar-refractivity contribution in [2.24, 2.45) is 0 Å². The first-order valence-corrected chi connectivity index (χ1v) is 8.52. The summed E-state index contributed by atoms with van der Waals surface area (Å²) in [6.07, 6.45) is 1.41. The Labute approximate surface area is 140 Å². The molecule has 0 aliphatic heterocycles. The van der Waals surface area contributed by atoms with E-state index >= 15 is 0 Å². The molecule has 0 bridgehead atoms. The average molecular weight is 347 g/mol. The SMILES string of the molecule is COc1ccc(C(=O)NS(=O)(=O)C=Cc2ccccc2)cc1OC. The van der Waals surface area contributed by atoms with Gasteiger partial charge in [-0.2, -0.15) is 0 Å². The molecule has 2 aromatic rings. The maximum atomic E-state index is 12.1. The Morgan fingerprint density at radius 3 is 2.29 bits per heavy atom. The van der Waals surface area contributed by atoms with Crippen LogP contribution in [0.15, 0.2) is 53.9 Å². The van der Waals surface area contributed by atoms with Crippen molar-refractivity contribution < 1.29 is 22.7 Å². The quantitative estimate of drug-likeness (QED) is 0.868. The summed E-state index contributed by atoms with van der Waals surface area (Å²) in [6.45, 7) is 0. The Bertz CT molecular complexity index is 845. The first-order valence-electron chi connectivity index (χ1n) is 6.97. The van der Waals surface area contributed by atoms with E-state index in [0.29, 0.717) is 17.1 Å². The molecule has 0 saturated carbocycles. The highest BCUT2D eigenvalue weighted by atomic mass is 32.2. The fraction of sp³-hybridized carbons (Fsp3) is 0.118. The van der Waals surface area contributed by atoms with Crippen molar-refractivity contribution in [2.75, 3.05) is 14.2 Å². The Morgan fingerprint density at radius 2 is 1.67 bits per heavy atom. The molecule has 0 spiro atoms. The zero-order valence-electron chi connectivity index (χ0n) is 13.2. The molecule has 0 aliphatic rings. The molecule has 2 rings (SSSR count). The maximum absolute atomic E-state index is 12.1. The fourth-order valence-corrected chi connectivity index (χ4v) is 2.71. The molecule has 126 valence electrons. The van der Waals surface area contributed by atoms with Gasteiger partial charge in [-0.3, -0.25) is 4.79 Å². The lowest BCUT2D eigenvalue weighted by molar-refractivity contribution is 0.0981.